The van der Waals surface area contributed by atoms with Gasteiger partial charge in [0.05, 0.1) is 16.7 Å². The molecule has 0 saturated heterocycles. The van der Waals surface area contributed by atoms with E-state index in [1.807, 2.05) is 12.1 Å². The second-order valence-electron chi connectivity index (χ2n) is 7.97. The molecular weight excluding hydrogens is 410 g/mol. The molecule has 0 bridgehead atoms. The summed E-state index contributed by atoms with van der Waals surface area (Å²) in [6.45, 7) is 0. The van der Waals surface area contributed by atoms with Gasteiger partial charge in [-0.1, -0.05) is 109 Å². The zero-order chi connectivity index (χ0) is 21.5. The van der Waals surface area contributed by atoms with Crippen molar-refractivity contribution < 1.29 is 0 Å². The van der Waals surface area contributed by atoms with E-state index in [1.165, 1.54) is 38.5 Å². The van der Waals surface area contributed by atoms with Gasteiger partial charge in [-0.3, -0.25) is 0 Å². The second kappa shape index (κ2) is 7.71. The largest absolute Gasteiger partial charge is 0.309 e. The number of fused-ring (bicyclic) bond motifs is 3. The van der Waals surface area contributed by atoms with E-state index in [0.717, 1.165) is 16.2 Å². The number of rotatable bonds is 3. The van der Waals surface area contributed by atoms with Gasteiger partial charge < -0.3 is 4.57 Å². The molecule has 0 aliphatic heterocycles. The third kappa shape index (κ3) is 3.10. The van der Waals surface area contributed by atoms with Crippen LogP contribution < -0.4 is 0 Å². The van der Waals surface area contributed by atoms with Crippen LogP contribution in [0.2, 0.25) is 5.02 Å². The highest BCUT2D eigenvalue weighted by molar-refractivity contribution is 6.31. The average molecular weight is 430 g/mol. The topological polar surface area (TPSA) is 4.93 Å². The molecule has 1 heterocycles. The van der Waals surface area contributed by atoms with Crippen molar-refractivity contribution in [3.05, 3.63) is 126 Å². The highest BCUT2D eigenvalue weighted by Crippen LogP contribution is 2.37. The Morgan fingerprint density at radius 3 is 1.94 bits per heavy atom. The fourth-order valence-corrected chi connectivity index (χ4v) is 4.76. The van der Waals surface area contributed by atoms with Crippen molar-refractivity contribution in [2.75, 3.05) is 0 Å². The number of hydrogen-bond donors (Lipinski definition) is 0. The van der Waals surface area contributed by atoms with Gasteiger partial charge >= 0.3 is 0 Å². The van der Waals surface area contributed by atoms with Crippen molar-refractivity contribution in [3.8, 4) is 27.9 Å². The van der Waals surface area contributed by atoms with Crippen molar-refractivity contribution in [1.29, 1.82) is 0 Å². The first-order valence-electron chi connectivity index (χ1n) is 10.7. The fourth-order valence-electron chi connectivity index (χ4n) is 4.59. The molecule has 0 unspecified atom stereocenters. The lowest BCUT2D eigenvalue weighted by Gasteiger charge is -2.14. The second-order valence-corrected chi connectivity index (χ2v) is 8.41. The smallest absolute Gasteiger partial charge is 0.0556 e. The third-order valence-corrected chi connectivity index (χ3v) is 6.32. The van der Waals surface area contributed by atoms with Crippen LogP contribution in [0.25, 0.3) is 49.7 Å². The number of aromatic nitrogens is 1. The van der Waals surface area contributed by atoms with Gasteiger partial charge in [0, 0.05) is 21.4 Å². The van der Waals surface area contributed by atoms with Crippen LogP contribution in [-0.2, 0) is 0 Å². The number of halogens is 1. The van der Waals surface area contributed by atoms with Gasteiger partial charge in [-0.15, -0.1) is 0 Å². The van der Waals surface area contributed by atoms with Crippen molar-refractivity contribution in [1.82, 2.24) is 4.57 Å². The van der Waals surface area contributed by atoms with Crippen LogP contribution in [0.5, 0.6) is 0 Å². The van der Waals surface area contributed by atoms with Crippen LogP contribution in [0.3, 0.4) is 0 Å². The Morgan fingerprint density at radius 2 is 1.09 bits per heavy atom. The molecule has 1 nitrogen and oxygen atoms in total. The van der Waals surface area contributed by atoms with Crippen LogP contribution in [0.4, 0.5) is 0 Å². The number of nitrogens with zero attached hydrogens (tertiary/aromatic N) is 1. The minimum absolute atomic E-state index is 0.742. The van der Waals surface area contributed by atoms with E-state index in [-0.39, 0.29) is 0 Å². The fraction of sp³-hybridized carbons (Fsp3) is 0. The predicted octanol–water partition coefficient (Wildman–Crippen LogP) is 8.77. The molecule has 0 aliphatic carbocycles. The van der Waals surface area contributed by atoms with Crippen molar-refractivity contribution in [2.45, 2.75) is 0 Å². The summed E-state index contributed by atoms with van der Waals surface area (Å²) in [7, 11) is 0. The summed E-state index contributed by atoms with van der Waals surface area (Å²) < 4.78 is 2.33. The zero-order valence-corrected chi connectivity index (χ0v) is 18.1. The van der Waals surface area contributed by atoms with E-state index >= 15 is 0 Å². The van der Waals surface area contributed by atoms with E-state index in [1.54, 1.807) is 0 Å². The van der Waals surface area contributed by atoms with Crippen LogP contribution >= 0.6 is 11.6 Å². The summed E-state index contributed by atoms with van der Waals surface area (Å²) >= 11 is 6.42. The first kappa shape index (κ1) is 18.9. The summed E-state index contributed by atoms with van der Waals surface area (Å²) in [6.07, 6.45) is 0. The average Bonchev–Trinajstić information content (AvgIpc) is 3.18. The Bertz CT molecular complexity index is 1560. The first-order chi connectivity index (χ1) is 15.8. The molecule has 5 aromatic carbocycles. The number of hydrogen-bond acceptors (Lipinski definition) is 0. The predicted molar refractivity (Wildman–Crippen MR) is 137 cm³/mol. The molecule has 0 amide bonds. The monoisotopic (exact) mass is 429 g/mol. The molecule has 2 heteroatoms. The van der Waals surface area contributed by atoms with Crippen LogP contribution in [0, 0.1) is 0 Å². The number of benzene rings is 5. The first-order valence-corrected chi connectivity index (χ1v) is 11.1. The maximum absolute atomic E-state index is 6.42. The lowest BCUT2D eigenvalue weighted by Crippen LogP contribution is -1.97. The van der Waals surface area contributed by atoms with Gasteiger partial charge in [0.1, 0.15) is 0 Å². The molecule has 32 heavy (non-hydrogen) atoms. The van der Waals surface area contributed by atoms with Gasteiger partial charge in [-0.25, -0.2) is 0 Å². The van der Waals surface area contributed by atoms with Crippen LogP contribution in [0.15, 0.2) is 121 Å². The van der Waals surface area contributed by atoms with Gasteiger partial charge in [-0.05, 0) is 41.0 Å². The molecule has 0 spiro atoms. The molecule has 0 N–H and O–H groups in total. The molecule has 6 aromatic rings. The molecule has 6 rings (SSSR count). The summed E-state index contributed by atoms with van der Waals surface area (Å²) in [5, 5.41) is 3.18. The van der Waals surface area contributed by atoms with Gasteiger partial charge in [0.15, 0.2) is 0 Å². The molecule has 0 aliphatic rings. The van der Waals surface area contributed by atoms with E-state index in [9.17, 15) is 0 Å². The maximum atomic E-state index is 6.42. The molecule has 0 saturated carbocycles. The maximum Gasteiger partial charge on any atom is 0.0556 e. The van der Waals surface area contributed by atoms with Gasteiger partial charge in [0.2, 0.25) is 0 Å². The lowest BCUT2D eigenvalue weighted by molar-refractivity contribution is 1.18. The third-order valence-electron chi connectivity index (χ3n) is 6.08. The van der Waals surface area contributed by atoms with Crippen LogP contribution in [-0.4, -0.2) is 4.57 Å². The minimum Gasteiger partial charge on any atom is -0.309 e. The van der Waals surface area contributed by atoms with Crippen LogP contribution in [0.1, 0.15) is 0 Å². The normalized spacial score (nSPS) is 11.3. The van der Waals surface area contributed by atoms with E-state index in [0.29, 0.717) is 0 Å². The Hall–Kier alpha value is -3.81. The molecule has 0 fully saturated rings. The molecule has 0 radical (unpaired) electrons. The molecule has 1 aromatic heterocycles. The Labute approximate surface area is 192 Å². The van der Waals surface area contributed by atoms with E-state index < -0.39 is 0 Å². The van der Waals surface area contributed by atoms with E-state index in [4.69, 9.17) is 11.6 Å². The standard InChI is InChI=1S/C30H20ClN/c31-24-18-19-27-26-11-5-7-13-29(26)32(30(27)20-24)28-12-6-4-10-25(28)23-16-14-22(15-17-23)21-8-2-1-3-9-21/h1-20H. The Morgan fingerprint density at radius 1 is 0.469 bits per heavy atom. The molecule has 152 valence electrons. The highest BCUT2D eigenvalue weighted by atomic mass is 35.5. The minimum atomic E-state index is 0.742. The highest BCUT2D eigenvalue weighted by Gasteiger charge is 2.15. The van der Waals surface area contributed by atoms with E-state index in [2.05, 4.69) is 114 Å². The lowest BCUT2D eigenvalue weighted by atomic mass is 9.99. The van der Waals surface area contributed by atoms with Crippen molar-refractivity contribution in [2.24, 2.45) is 0 Å². The summed E-state index contributed by atoms with van der Waals surface area (Å²) in [4.78, 5) is 0. The quantitative estimate of drug-likeness (QED) is 0.265. The Balaban J connectivity index is 1.57. The zero-order valence-electron chi connectivity index (χ0n) is 17.4. The molecular formula is C30H20ClN. The Kier molecular flexibility index (Phi) is 4.56. The van der Waals surface area contributed by atoms with Gasteiger partial charge in [0.25, 0.3) is 0 Å². The number of para-hydroxylation sites is 2. The van der Waals surface area contributed by atoms with Crippen molar-refractivity contribution in [3.63, 3.8) is 0 Å². The summed E-state index contributed by atoms with van der Waals surface area (Å²) in [6, 6.07) is 42.6. The molecule has 0 atom stereocenters. The summed E-state index contributed by atoms with van der Waals surface area (Å²) in [5.74, 6) is 0. The SMILES string of the molecule is Clc1ccc2c3ccccc3n(-c3ccccc3-c3ccc(-c4ccccc4)cc3)c2c1. The summed E-state index contributed by atoms with van der Waals surface area (Å²) in [5.41, 5.74) is 8.27. The van der Waals surface area contributed by atoms with Crippen molar-refractivity contribution >= 4 is 33.4 Å². The van der Waals surface area contributed by atoms with Gasteiger partial charge in [-0.2, -0.15) is 0 Å².